The summed E-state index contributed by atoms with van der Waals surface area (Å²) in [6.45, 7) is 0.810. The van der Waals surface area contributed by atoms with Crippen molar-refractivity contribution in [3.63, 3.8) is 0 Å². The van der Waals surface area contributed by atoms with E-state index < -0.39 is 0 Å². The van der Waals surface area contributed by atoms with Crippen molar-refractivity contribution in [1.82, 2.24) is 4.98 Å². The Bertz CT molecular complexity index is 277. The number of hydrogen-bond donors (Lipinski definition) is 1. The van der Waals surface area contributed by atoms with Crippen LogP contribution >= 0.6 is 0 Å². The Labute approximate surface area is 65.2 Å². The van der Waals surface area contributed by atoms with Crippen LogP contribution in [-0.2, 0) is 4.84 Å². The third-order valence-electron chi connectivity index (χ3n) is 1.79. The molecule has 2 heterocycles. The number of anilines is 1. The molecule has 0 radical (unpaired) electrons. The van der Waals surface area contributed by atoms with E-state index in [-0.39, 0.29) is 0 Å². The molecule has 1 aromatic heterocycles. The van der Waals surface area contributed by atoms with Gasteiger partial charge in [0.05, 0.1) is 13.7 Å². The topological polar surface area (TPSA) is 28.3 Å². The SMILES string of the molecule is CON1CC=Cc2cc[nH]c21. The summed E-state index contributed by atoms with van der Waals surface area (Å²) in [5, 5.41) is 1.81. The summed E-state index contributed by atoms with van der Waals surface area (Å²) in [5.74, 6) is 1.04. The second-order valence-electron chi connectivity index (χ2n) is 2.43. The summed E-state index contributed by atoms with van der Waals surface area (Å²) in [4.78, 5) is 8.24. The van der Waals surface area contributed by atoms with Crippen molar-refractivity contribution < 1.29 is 4.84 Å². The van der Waals surface area contributed by atoms with Crippen LogP contribution in [0.4, 0.5) is 5.82 Å². The number of rotatable bonds is 1. The lowest BCUT2D eigenvalue weighted by atomic mass is 10.2. The normalized spacial score (nSPS) is 15.2. The molecule has 58 valence electrons. The highest BCUT2D eigenvalue weighted by Gasteiger charge is 2.12. The Morgan fingerprint density at radius 3 is 3.36 bits per heavy atom. The van der Waals surface area contributed by atoms with Gasteiger partial charge in [0, 0.05) is 11.8 Å². The monoisotopic (exact) mass is 150 g/mol. The molecule has 3 heteroatoms. The lowest BCUT2D eigenvalue weighted by Crippen LogP contribution is -2.24. The summed E-state index contributed by atoms with van der Waals surface area (Å²) < 4.78 is 0. The van der Waals surface area contributed by atoms with Crippen molar-refractivity contribution >= 4 is 11.9 Å². The molecule has 0 unspecified atom stereocenters. The molecule has 1 aliphatic rings. The van der Waals surface area contributed by atoms with Crippen LogP contribution in [0.2, 0.25) is 0 Å². The van der Waals surface area contributed by atoms with Crippen molar-refractivity contribution in [1.29, 1.82) is 0 Å². The fourth-order valence-corrected chi connectivity index (χ4v) is 1.26. The van der Waals surface area contributed by atoms with Gasteiger partial charge in [-0.3, -0.25) is 4.84 Å². The van der Waals surface area contributed by atoms with E-state index in [1.807, 2.05) is 17.3 Å². The van der Waals surface area contributed by atoms with Crippen LogP contribution in [0, 0.1) is 0 Å². The zero-order valence-corrected chi connectivity index (χ0v) is 6.37. The predicted molar refractivity (Wildman–Crippen MR) is 44.2 cm³/mol. The lowest BCUT2D eigenvalue weighted by Gasteiger charge is -2.21. The quantitative estimate of drug-likeness (QED) is 0.655. The van der Waals surface area contributed by atoms with Gasteiger partial charge >= 0.3 is 0 Å². The Morgan fingerprint density at radius 1 is 1.64 bits per heavy atom. The van der Waals surface area contributed by atoms with Crippen LogP contribution < -0.4 is 5.06 Å². The van der Waals surface area contributed by atoms with E-state index in [9.17, 15) is 0 Å². The zero-order valence-electron chi connectivity index (χ0n) is 6.37. The van der Waals surface area contributed by atoms with Crippen LogP contribution in [0.15, 0.2) is 18.3 Å². The average Bonchev–Trinajstić information content (AvgIpc) is 2.50. The zero-order chi connectivity index (χ0) is 7.68. The second kappa shape index (κ2) is 2.43. The van der Waals surface area contributed by atoms with E-state index in [4.69, 9.17) is 4.84 Å². The molecule has 0 aliphatic carbocycles. The number of aromatic amines is 1. The number of H-pyrrole nitrogens is 1. The fraction of sp³-hybridized carbons (Fsp3) is 0.250. The number of aromatic nitrogens is 1. The van der Waals surface area contributed by atoms with Crippen molar-refractivity contribution in [2.75, 3.05) is 18.7 Å². The van der Waals surface area contributed by atoms with Gasteiger partial charge in [-0.1, -0.05) is 12.2 Å². The van der Waals surface area contributed by atoms with Crippen molar-refractivity contribution in [3.05, 3.63) is 23.9 Å². The summed E-state index contributed by atoms with van der Waals surface area (Å²) in [7, 11) is 1.67. The molecular formula is C8H10N2O. The van der Waals surface area contributed by atoms with Crippen LogP contribution in [0.5, 0.6) is 0 Å². The highest BCUT2D eigenvalue weighted by atomic mass is 16.7. The number of hydrogen-bond acceptors (Lipinski definition) is 2. The van der Waals surface area contributed by atoms with Crippen LogP contribution in [0.3, 0.4) is 0 Å². The Hall–Kier alpha value is -1.22. The molecule has 0 bridgehead atoms. The van der Waals surface area contributed by atoms with Gasteiger partial charge < -0.3 is 4.98 Å². The standard InChI is InChI=1S/C8H10N2O/c1-11-10-6-2-3-7-4-5-9-8(7)10/h2-5,9H,6H2,1H3. The van der Waals surface area contributed by atoms with Gasteiger partial charge in [-0.15, -0.1) is 0 Å². The maximum atomic E-state index is 5.13. The van der Waals surface area contributed by atoms with Crippen LogP contribution in [0.1, 0.15) is 5.56 Å². The first-order valence-electron chi connectivity index (χ1n) is 3.57. The molecular weight excluding hydrogens is 140 g/mol. The molecule has 0 spiro atoms. The molecule has 0 atom stereocenters. The summed E-state index contributed by atoms with van der Waals surface area (Å²) in [6.07, 6.45) is 6.06. The van der Waals surface area contributed by atoms with E-state index in [0.717, 1.165) is 12.4 Å². The molecule has 3 nitrogen and oxygen atoms in total. The maximum absolute atomic E-state index is 5.13. The third kappa shape index (κ3) is 0.935. The number of nitrogens with one attached hydrogen (secondary N) is 1. The average molecular weight is 150 g/mol. The molecule has 0 saturated heterocycles. The summed E-state index contributed by atoms with van der Waals surface area (Å²) >= 11 is 0. The molecule has 0 amide bonds. The van der Waals surface area contributed by atoms with Gasteiger partial charge in [0.25, 0.3) is 0 Å². The fourth-order valence-electron chi connectivity index (χ4n) is 1.26. The largest absolute Gasteiger partial charge is 0.346 e. The van der Waals surface area contributed by atoms with Crippen LogP contribution in [-0.4, -0.2) is 18.6 Å². The van der Waals surface area contributed by atoms with Crippen LogP contribution in [0.25, 0.3) is 6.08 Å². The first kappa shape index (κ1) is 6.49. The summed E-state index contributed by atoms with van der Waals surface area (Å²) in [6, 6.07) is 2.02. The minimum atomic E-state index is 0.810. The first-order chi connectivity index (χ1) is 5.42. The Morgan fingerprint density at radius 2 is 2.55 bits per heavy atom. The lowest BCUT2D eigenvalue weighted by molar-refractivity contribution is 0.172. The molecule has 1 aromatic rings. The highest BCUT2D eigenvalue weighted by Crippen LogP contribution is 2.23. The van der Waals surface area contributed by atoms with Gasteiger partial charge in [0.1, 0.15) is 5.82 Å². The number of hydroxylamine groups is 1. The molecule has 2 rings (SSSR count). The first-order valence-corrected chi connectivity index (χ1v) is 3.57. The molecule has 1 N–H and O–H groups in total. The van der Waals surface area contributed by atoms with Gasteiger partial charge in [-0.2, -0.15) is 0 Å². The molecule has 11 heavy (non-hydrogen) atoms. The van der Waals surface area contributed by atoms with Gasteiger partial charge in [-0.05, 0) is 6.07 Å². The van der Waals surface area contributed by atoms with E-state index in [0.29, 0.717) is 0 Å². The van der Waals surface area contributed by atoms with E-state index >= 15 is 0 Å². The maximum Gasteiger partial charge on any atom is 0.138 e. The predicted octanol–water partition coefficient (Wildman–Crippen LogP) is 1.41. The van der Waals surface area contributed by atoms with Crippen molar-refractivity contribution in [2.45, 2.75) is 0 Å². The third-order valence-corrected chi connectivity index (χ3v) is 1.79. The Balaban J connectivity index is 2.41. The van der Waals surface area contributed by atoms with Gasteiger partial charge in [0.15, 0.2) is 0 Å². The van der Waals surface area contributed by atoms with E-state index in [1.54, 1.807) is 7.11 Å². The number of fused-ring (bicyclic) bond motifs is 1. The van der Waals surface area contributed by atoms with Gasteiger partial charge in [0.2, 0.25) is 0 Å². The molecule has 0 fully saturated rings. The smallest absolute Gasteiger partial charge is 0.138 e. The number of nitrogens with zero attached hydrogens (tertiary/aromatic N) is 1. The molecule has 1 aliphatic heterocycles. The highest BCUT2D eigenvalue weighted by molar-refractivity contribution is 5.67. The second-order valence-corrected chi connectivity index (χ2v) is 2.43. The molecule has 0 aromatic carbocycles. The Kier molecular flexibility index (Phi) is 1.43. The van der Waals surface area contributed by atoms with E-state index in [1.165, 1.54) is 5.56 Å². The van der Waals surface area contributed by atoms with E-state index in [2.05, 4.69) is 17.1 Å². The van der Waals surface area contributed by atoms with Crippen molar-refractivity contribution in [2.24, 2.45) is 0 Å². The van der Waals surface area contributed by atoms with Crippen molar-refractivity contribution in [3.8, 4) is 0 Å². The molecule has 0 saturated carbocycles. The minimum absolute atomic E-state index is 0.810. The van der Waals surface area contributed by atoms with Gasteiger partial charge in [-0.25, -0.2) is 5.06 Å². The minimum Gasteiger partial charge on any atom is -0.346 e. The summed E-state index contributed by atoms with van der Waals surface area (Å²) in [5.41, 5.74) is 1.18.